The molecular formula is C46H30. The average molecular weight is 583 g/mol. The maximum atomic E-state index is 2.39. The fraction of sp³-hybridized carbons (Fsp3) is 0. The lowest BCUT2D eigenvalue weighted by molar-refractivity contribution is 1.63. The molecule has 0 heteroatoms. The number of benzene rings is 9. The Kier molecular flexibility index (Phi) is 6.25. The van der Waals surface area contributed by atoms with Gasteiger partial charge in [-0.1, -0.05) is 158 Å². The van der Waals surface area contributed by atoms with Crippen molar-refractivity contribution in [2.75, 3.05) is 0 Å². The molecule has 9 aromatic rings. The molecule has 9 aromatic carbocycles. The van der Waals surface area contributed by atoms with E-state index in [1.54, 1.807) is 0 Å². The van der Waals surface area contributed by atoms with E-state index in [1.807, 2.05) is 0 Å². The summed E-state index contributed by atoms with van der Waals surface area (Å²) < 4.78 is 0. The van der Waals surface area contributed by atoms with Crippen LogP contribution in [0.25, 0.3) is 87.6 Å². The molecule has 46 heavy (non-hydrogen) atoms. The fourth-order valence-corrected chi connectivity index (χ4v) is 7.27. The zero-order valence-electron chi connectivity index (χ0n) is 25.3. The van der Waals surface area contributed by atoms with Crippen LogP contribution in [0.3, 0.4) is 0 Å². The molecule has 0 N–H and O–H groups in total. The molecule has 0 saturated heterocycles. The zero-order valence-corrected chi connectivity index (χ0v) is 25.3. The predicted octanol–water partition coefficient (Wildman–Crippen LogP) is 13.0. The van der Waals surface area contributed by atoms with Crippen LogP contribution in [0.1, 0.15) is 0 Å². The molecule has 214 valence electrons. The van der Waals surface area contributed by atoms with Crippen LogP contribution in [-0.4, -0.2) is 0 Å². The van der Waals surface area contributed by atoms with Gasteiger partial charge >= 0.3 is 0 Å². The number of hydrogen-bond acceptors (Lipinski definition) is 0. The summed E-state index contributed by atoms with van der Waals surface area (Å²) in [7, 11) is 0. The Morgan fingerprint density at radius 1 is 0.217 bits per heavy atom. The van der Waals surface area contributed by atoms with Crippen molar-refractivity contribution < 1.29 is 0 Å². The summed E-state index contributed by atoms with van der Waals surface area (Å²) in [6, 6.07) is 66.5. The van der Waals surface area contributed by atoms with Crippen LogP contribution in [0.4, 0.5) is 0 Å². The molecule has 0 radical (unpaired) electrons. The lowest BCUT2D eigenvalue weighted by atomic mass is 9.84. The van der Waals surface area contributed by atoms with E-state index in [-0.39, 0.29) is 0 Å². The van der Waals surface area contributed by atoms with E-state index >= 15 is 0 Å². The molecular weight excluding hydrogens is 553 g/mol. The smallest absolute Gasteiger partial charge is 0.00259 e. The molecule has 9 rings (SSSR count). The maximum Gasteiger partial charge on any atom is -0.00259 e. The highest BCUT2D eigenvalue weighted by Crippen LogP contribution is 2.46. The number of hydrogen-bond donors (Lipinski definition) is 0. The third-order valence-corrected chi connectivity index (χ3v) is 9.40. The van der Waals surface area contributed by atoms with Crippen molar-refractivity contribution in [3.8, 4) is 44.5 Å². The minimum atomic E-state index is 1.23. The molecule has 0 heterocycles. The summed E-state index contributed by atoms with van der Waals surface area (Å²) in [5.41, 5.74) is 10.0. The summed E-state index contributed by atoms with van der Waals surface area (Å²) in [4.78, 5) is 0. The molecule has 0 nitrogen and oxygen atoms in total. The van der Waals surface area contributed by atoms with Crippen molar-refractivity contribution in [3.63, 3.8) is 0 Å². The second-order valence-corrected chi connectivity index (χ2v) is 12.1. The molecule has 0 aromatic heterocycles. The first-order valence-corrected chi connectivity index (χ1v) is 15.9. The van der Waals surface area contributed by atoms with E-state index in [1.165, 1.54) is 87.6 Å². The second-order valence-electron chi connectivity index (χ2n) is 12.1. The van der Waals surface area contributed by atoms with Gasteiger partial charge in [-0.2, -0.15) is 0 Å². The van der Waals surface area contributed by atoms with E-state index in [4.69, 9.17) is 0 Å². The van der Waals surface area contributed by atoms with Gasteiger partial charge in [-0.25, -0.2) is 0 Å². The summed E-state index contributed by atoms with van der Waals surface area (Å²) in [6.07, 6.45) is 0. The third-order valence-electron chi connectivity index (χ3n) is 9.40. The van der Waals surface area contributed by atoms with Gasteiger partial charge in [0.25, 0.3) is 0 Å². The first kappa shape index (κ1) is 26.4. The standard InChI is InChI=1S/C46H30/c1-3-13-31(14-4-1)33-23-24-35-28-37(26-25-34(35)27-33)45-40-19-9-11-21-42(40)46(43-22-12-10-20-41(43)45)38-29-36-17-7-8-18-39(36)44(30-38)32-15-5-2-6-16-32/h1-30H. The third kappa shape index (κ3) is 4.38. The van der Waals surface area contributed by atoms with Crippen LogP contribution in [0.2, 0.25) is 0 Å². The monoisotopic (exact) mass is 582 g/mol. The van der Waals surface area contributed by atoms with Crippen molar-refractivity contribution >= 4 is 43.1 Å². The quantitative estimate of drug-likeness (QED) is 0.181. The van der Waals surface area contributed by atoms with Crippen LogP contribution >= 0.6 is 0 Å². The van der Waals surface area contributed by atoms with E-state index in [9.17, 15) is 0 Å². The second kappa shape index (κ2) is 10.9. The average Bonchev–Trinajstić information content (AvgIpc) is 3.13. The molecule has 0 spiro atoms. The molecule has 0 unspecified atom stereocenters. The Hall–Kier alpha value is -5.98. The summed E-state index contributed by atoms with van der Waals surface area (Å²) in [6.45, 7) is 0. The SMILES string of the molecule is c1ccc(-c2ccc3cc(-c4c5ccccc5c(-c5cc(-c6ccccc6)c6ccccc6c5)c5ccccc45)ccc3c2)cc1. The van der Waals surface area contributed by atoms with Crippen LogP contribution in [0, 0.1) is 0 Å². The van der Waals surface area contributed by atoms with Crippen LogP contribution in [0.15, 0.2) is 182 Å². The van der Waals surface area contributed by atoms with Gasteiger partial charge in [0.05, 0.1) is 0 Å². The summed E-state index contributed by atoms with van der Waals surface area (Å²) in [5.74, 6) is 0. The fourth-order valence-electron chi connectivity index (χ4n) is 7.27. The van der Waals surface area contributed by atoms with Crippen molar-refractivity contribution in [3.05, 3.63) is 182 Å². The molecule has 0 aliphatic heterocycles. The van der Waals surface area contributed by atoms with Gasteiger partial charge in [-0.05, 0) is 112 Å². The summed E-state index contributed by atoms with van der Waals surface area (Å²) in [5, 5.41) is 10.1. The summed E-state index contributed by atoms with van der Waals surface area (Å²) >= 11 is 0. The molecule has 0 atom stereocenters. The van der Waals surface area contributed by atoms with Gasteiger partial charge in [0.1, 0.15) is 0 Å². The Bertz CT molecular complexity index is 2500. The van der Waals surface area contributed by atoms with Crippen molar-refractivity contribution in [2.24, 2.45) is 0 Å². The van der Waals surface area contributed by atoms with Crippen molar-refractivity contribution in [1.82, 2.24) is 0 Å². The molecule has 0 saturated carbocycles. The molecule has 0 fully saturated rings. The Balaban J connectivity index is 1.30. The predicted molar refractivity (Wildman–Crippen MR) is 198 cm³/mol. The van der Waals surface area contributed by atoms with E-state index in [2.05, 4.69) is 182 Å². The van der Waals surface area contributed by atoms with Crippen molar-refractivity contribution in [2.45, 2.75) is 0 Å². The number of fused-ring (bicyclic) bond motifs is 4. The minimum absolute atomic E-state index is 1.23. The van der Waals surface area contributed by atoms with Gasteiger partial charge < -0.3 is 0 Å². The Morgan fingerprint density at radius 2 is 0.652 bits per heavy atom. The van der Waals surface area contributed by atoms with Crippen LogP contribution in [-0.2, 0) is 0 Å². The van der Waals surface area contributed by atoms with Gasteiger partial charge in [-0.15, -0.1) is 0 Å². The highest BCUT2D eigenvalue weighted by molar-refractivity contribution is 6.22. The number of rotatable bonds is 4. The maximum absolute atomic E-state index is 2.39. The van der Waals surface area contributed by atoms with Gasteiger partial charge in [-0.3, -0.25) is 0 Å². The largest absolute Gasteiger partial charge is 0.0622 e. The molecule has 0 bridgehead atoms. The first-order chi connectivity index (χ1) is 22.8. The van der Waals surface area contributed by atoms with Crippen molar-refractivity contribution in [1.29, 1.82) is 0 Å². The Labute approximate surface area is 268 Å². The highest BCUT2D eigenvalue weighted by Gasteiger charge is 2.18. The first-order valence-electron chi connectivity index (χ1n) is 15.9. The van der Waals surface area contributed by atoms with E-state index < -0.39 is 0 Å². The Morgan fingerprint density at radius 3 is 1.26 bits per heavy atom. The van der Waals surface area contributed by atoms with Gasteiger partial charge in [0, 0.05) is 0 Å². The topological polar surface area (TPSA) is 0 Å². The van der Waals surface area contributed by atoms with E-state index in [0.717, 1.165) is 0 Å². The highest BCUT2D eigenvalue weighted by atomic mass is 14.2. The van der Waals surface area contributed by atoms with E-state index in [0.29, 0.717) is 0 Å². The lowest BCUT2D eigenvalue weighted by Gasteiger charge is -2.19. The normalized spacial score (nSPS) is 11.5. The zero-order chi connectivity index (χ0) is 30.5. The molecule has 0 aliphatic rings. The van der Waals surface area contributed by atoms with Gasteiger partial charge in [0.15, 0.2) is 0 Å². The van der Waals surface area contributed by atoms with Gasteiger partial charge in [0.2, 0.25) is 0 Å². The lowest BCUT2D eigenvalue weighted by Crippen LogP contribution is -1.92. The van der Waals surface area contributed by atoms with Crippen LogP contribution < -0.4 is 0 Å². The molecule has 0 amide bonds. The minimum Gasteiger partial charge on any atom is -0.0622 e. The van der Waals surface area contributed by atoms with Crippen LogP contribution in [0.5, 0.6) is 0 Å². The molecule has 0 aliphatic carbocycles.